The summed E-state index contributed by atoms with van der Waals surface area (Å²) >= 11 is 1.28. The van der Waals surface area contributed by atoms with Gasteiger partial charge in [-0.3, -0.25) is 13.9 Å². The largest absolute Gasteiger partial charge is 0.480 e. The van der Waals surface area contributed by atoms with E-state index in [1.807, 2.05) is 6.92 Å². The van der Waals surface area contributed by atoms with Crippen LogP contribution in [0.2, 0.25) is 0 Å². The molecule has 3 heterocycles. The summed E-state index contributed by atoms with van der Waals surface area (Å²) in [5.41, 5.74) is -0.422. The minimum absolute atomic E-state index is 0.00342. The Hall–Kier alpha value is -2.87. The standard InChI is InChI=1S/C17H14F3N5O2S/c1-8-15(11-3-9(11)6-21)25-14(26)4-10(22-16(25)28-8)7-24-12(17(18,19)20)5-13(23-24)27-2/h4-5,9,11H,3,7H2,1-2H3. The maximum atomic E-state index is 13.2. The van der Waals surface area contributed by atoms with Gasteiger partial charge in [-0.05, 0) is 13.3 Å². The number of halogens is 3. The Labute approximate surface area is 160 Å². The normalized spacial score (nSPS) is 19.0. The van der Waals surface area contributed by atoms with Gasteiger partial charge in [0.25, 0.3) is 5.56 Å². The molecule has 0 saturated heterocycles. The maximum absolute atomic E-state index is 13.2. The van der Waals surface area contributed by atoms with Crippen molar-refractivity contribution in [3.63, 3.8) is 0 Å². The van der Waals surface area contributed by atoms with E-state index >= 15 is 0 Å². The Kier molecular flexibility index (Phi) is 4.19. The van der Waals surface area contributed by atoms with Crippen molar-refractivity contribution in [2.45, 2.75) is 32.0 Å². The molecule has 0 bridgehead atoms. The fraction of sp³-hybridized carbons (Fsp3) is 0.412. The van der Waals surface area contributed by atoms with Gasteiger partial charge >= 0.3 is 6.18 Å². The first kappa shape index (κ1) is 18.5. The van der Waals surface area contributed by atoms with Gasteiger partial charge in [-0.15, -0.1) is 16.4 Å². The van der Waals surface area contributed by atoms with E-state index in [9.17, 15) is 18.0 Å². The number of aryl methyl sites for hydroxylation is 1. The molecular formula is C17H14F3N5O2S. The van der Waals surface area contributed by atoms with Crippen LogP contribution in [-0.4, -0.2) is 26.3 Å². The SMILES string of the molecule is COc1cc(C(F)(F)F)n(Cc2cc(=O)n3c(C4CC4C#N)c(C)sc3n2)n1. The monoisotopic (exact) mass is 409 g/mol. The smallest absolute Gasteiger partial charge is 0.433 e. The second-order valence-electron chi connectivity index (χ2n) is 6.55. The van der Waals surface area contributed by atoms with Gasteiger partial charge in [0.05, 0.1) is 31.3 Å². The van der Waals surface area contributed by atoms with E-state index < -0.39 is 11.9 Å². The molecule has 4 rings (SSSR count). The van der Waals surface area contributed by atoms with E-state index in [0.29, 0.717) is 11.4 Å². The molecule has 0 aromatic carbocycles. The Morgan fingerprint density at radius 1 is 1.43 bits per heavy atom. The van der Waals surface area contributed by atoms with Crippen LogP contribution in [-0.2, 0) is 12.7 Å². The lowest BCUT2D eigenvalue weighted by Gasteiger charge is -2.09. The van der Waals surface area contributed by atoms with Gasteiger partial charge in [0, 0.05) is 28.6 Å². The molecule has 1 saturated carbocycles. The molecule has 1 aliphatic rings. The lowest BCUT2D eigenvalue weighted by atomic mass is 10.2. The number of hydrogen-bond donors (Lipinski definition) is 0. The summed E-state index contributed by atoms with van der Waals surface area (Å²) in [5, 5.41) is 12.8. The number of aromatic nitrogens is 4. The second-order valence-corrected chi connectivity index (χ2v) is 7.73. The van der Waals surface area contributed by atoms with Crippen LogP contribution in [0.1, 0.15) is 34.3 Å². The number of thiazole rings is 1. The number of hydrogen-bond acceptors (Lipinski definition) is 6. The Morgan fingerprint density at radius 2 is 2.18 bits per heavy atom. The van der Waals surface area contributed by atoms with E-state index in [1.54, 1.807) is 0 Å². The topological polar surface area (TPSA) is 85.2 Å². The minimum Gasteiger partial charge on any atom is -0.480 e. The van der Waals surface area contributed by atoms with E-state index in [4.69, 9.17) is 10.00 Å². The van der Waals surface area contributed by atoms with Crippen LogP contribution in [0.25, 0.3) is 4.96 Å². The van der Waals surface area contributed by atoms with E-state index in [-0.39, 0.29) is 35.5 Å². The molecule has 146 valence electrons. The van der Waals surface area contributed by atoms with E-state index in [2.05, 4.69) is 16.2 Å². The van der Waals surface area contributed by atoms with Gasteiger partial charge in [0.15, 0.2) is 4.96 Å². The van der Waals surface area contributed by atoms with Gasteiger partial charge in [0.2, 0.25) is 5.88 Å². The molecule has 0 amide bonds. The highest BCUT2D eigenvalue weighted by Gasteiger charge is 2.42. The fourth-order valence-electron chi connectivity index (χ4n) is 3.29. The third-order valence-electron chi connectivity index (χ3n) is 4.66. The van der Waals surface area contributed by atoms with Gasteiger partial charge < -0.3 is 4.74 Å². The van der Waals surface area contributed by atoms with Gasteiger partial charge in [0.1, 0.15) is 5.69 Å². The molecular weight excluding hydrogens is 395 g/mol. The summed E-state index contributed by atoms with van der Waals surface area (Å²) in [6.45, 7) is 1.53. The van der Waals surface area contributed by atoms with Crippen molar-refractivity contribution in [2.75, 3.05) is 7.11 Å². The number of nitriles is 1. The van der Waals surface area contributed by atoms with Crippen molar-refractivity contribution in [1.82, 2.24) is 19.2 Å². The zero-order valence-corrected chi connectivity index (χ0v) is 15.6. The number of ether oxygens (including phenoxy) is 1. The molecule has 1 aliphatic carbocycles. The highest BCUT2D eigenvalue weighted by Crippen LogP contribution is 2.49. The Morgan fingerprint density at radius 3 is 2.79 bits per heavy atom. The van der Waals surface area contributed by atoms with Gasteiger partial charge in [-0.2, -0.15) is 18.4 Å². The average molecular weight is 409 g/mol. The third kappa shape index (κ3) is 3.03. The number of alkyl halides is 3. The highest BCUT2D eigenvalue weighted by atomic mass is 32.1. The van der Waals surface area contributed by atoms with Crippen LogP contribution in [0, 0.1) is 24.2 Å². The van der Waals surface area contributed by atoms with Crippen LogP contribution < -0.4 is 10.3 Å². The minimum atomic E-state index is -4.62. The molecule has 0 spiro atoms. The van der Waals surface area contributed by atoms with Crippen molar-refractivity contribution < 1.29 is 17.9 Å². The van der Waals surface area contributed by atoms with Crippen LogP contribution >= 0.6 is 11.3 Å². The highest BCUT2D eigenvalue weighted by molar-refractivity contribution is 7.17. The summed E-state index contributed by atoms with van der Waals surface area (Å²) in [5.74, 6) is -0.291. The zero-order valence-electron chi connectivity index (χ0n) is 14.8. The van der Waals surface area contributed by atoms with E-state index in [1.165, 1.54) is 28.9 Å². The van der Waals surface area contributed by atoms with Crippen molar-refractivity contribution in [1.29, 1.82) is 5.26 Å². The van der Waals surface area contributed by atoms with E-state index in [0.717, 1.165) is 21.3 Å². The van der Waals surface area contributed by atoms with Crippen molar-refractivity contribution in [3.05, 3.63) is 44.4 Å². The number of methoxy groups -OCH3 is 1. The number of rotatable bonds is 4. The van der Waals surface area contributed by atoms with Gasteiger partial charge in [-0.1, -0.05) is 0 Å². The molecule has 1 fully saturated rings. The summed E-state index contributed by atoms with van der Waals surface area (Å²) in [6.07, 6.45) is -3.92. The molecule has 2 atom stereocenters. The van der Waals surface area contributed by atoms with Gasteiger partial charge in [-0.25, -0.2) is 4.98 Å². The predicted octanol–water partition coefficient (Wildman–Crippen LogP) is 2.96. The van der Waals surface area contributed by atoms with Crippen molar-refractivity contribution >= 4 is 16.3 Å². The fourth-order valence-corrected chi connectivity index (χ4v) is 4.35. The molecule has 3 aromatic rings. The molecule has 28 heavy (non-hydrogen) atoms. The van der Waals surface area contributed by atoms with Crippen molar-refractivity contribution in [2.24, 2.45) is 5.92 Å². The lowest BCUT2D eigenvalue weighted by molar-refractivity contribution is -0.144. The average Bonchev–Trinajstić information content (AvgIpc) is 3.13. The summed E-state index contributed by atoms with van der Waals surface area (Å²) in [6, 6.07) is 4.21. The molecule has 11 heteroatoms. The molecule has 3 aromatic heterocycles. The molecule has 2 unspecified atom stereocenters. The second kappa shape index (κ2) is 6.34. The predicted molar refractivity (Wildman–Crippen MR) is 93.4 cm³/mol. The molecule has 7 nitrogen and oxygen atoms in total. The first-order valence-corrected chi connectivity index (χ1v) is 9.15. The molecule has 0 aliphatic heterocycles. The summed E-state index contributed by atoms with van der Waals surface area (Å²) in [7, 11) is 1.23. The lowest BCUT2D eigenvalue weighted by Crippen LogP contribution is -2.20. The molecule has 0 radical (unpaired) electrons. The Balaban J connectivity index is 1.75. The Bertz CT molecular complexity index is 1170. The third-order valence-corrected chi connectivity index (χ3v) is 5.64. The molecule has 0 N–H and O–H groups in total. The first-order valence-electron chi connectivity index (χ1n) is 8.33. The summed E-state index contributed by atoms with van der Waals surface area (Å²) < 4.78 is 46.7. The van der Waals surface area contributed by atoms with Crippen LogP contribution in [0.15, 0.2) is 16.9 Å². The van der Waals surface area contributed by atoms with Crippen molar-refractivity contribution in [3.8, 4) is 11.9 Å². The first-order chi connectivity index (χ1) is 13.2. The van der Waals surface area contributed by atoms with Crippen LogP contribution in [0.4, 0.5) is 13.2 Å². The van der Waals surface area contributed by atoms with Crippen LogP contribution in [0.5, 0.6) is 5.88 Å². The quantitative estimate of drug-likeness (QED) is 0.661. The van der Waals surface area contributed by atoms with Crippen LogP contribution in [0.3, 0.4) is 0 Å². The summed E-state index contributed by atoms with van der Waals surface area (Å²) in [4.78, 5) is 18.3. The maximum Gasteiger partial charge on any atom is 0.433 e. The number of fused-ring (bicyclic) bond motifs is 1. The zero-order chi connectivity index (χ0) is 20.2. The number of nitrogens with zero attached hydrogens (tertiary/aromatic N) is 5.